The molecule has 90 valence electrons. The largest absolute Gasteiger partial charge is 0.0925 e. The summed E-state index contributed by atoms with van der Waals surface area (Å²) in [5.74, 6) is 0.561. The highest BCUT2D eigenvalue weighted by Crippen LogP contribution is 2.33. The molecule has 0 aliphatic carbocycles. The minimum atomic E-state index is 0.270. The lowest BCUT2D eigenvalue weighted by atomic mass is 9.78. The first-order valence-corrected chi connectivity index (χ1v) is 7.22. The molecule has 0 spiro atoms. The molecule has 0 aliphatic heterocycles. The highest BCUT2D eigenvalue weighted by Gasteiger charge is 2.24. The first kappa shape index (κ1) is 14.3. The Morgan fingerprint density at radius 1 is 1.25 bits per heavy atom. The Morgan fingerprint density at radius 3 is 2.31 bits per heavy atom. The Hall–Kier alpha value is 0.280. The molecule has 1 rings (SSSR count). The second-order valence-corrected chi connectivity index (χ2v) is 6.65. The minimum absolute atomic E-state index is 0.270. The Balaban J connectivity index is 2.86. The third-order valence-corrected chi connectivity index (χ3v) is 4.26. The normalized spacial score (nSPS) is 13.9. The van der Waals surface area contributed by atoms with Crippen LogP contribution in [0.3, 0.4) is 0 Å². The van der Waals surface area contributed by atoms with Gasteiger partial charge in [0.25, 0.3) is 0 Å². The highest BCUT2D eigenvalue weighted by atomic mass is 79.9. The van der Waals surface area contributed by atoms with Gasteiger partial charge in [-0.3, -0.25) is 0 Å². The Labute approximate surface area is 116 Å². The van der Waals surface area contributed by atoms with Gasteiger partial charge >= 0.3 is 0 Å². The number of hydrogen-bond donors (Lipinski definition) is 0. The molecule has 0 amide bonds. The minimum Gasteiger partial charge on any atom is -0.0925 e. The van der Waals surface area contributed by atoms with Gasteiger partial charge in [0.05, 0.1) is 0 Å². The standard InChI is InChI=1S/C13H17BrCl2/c1-13(2,3)10(8-14)6-9-4-5-11(15)7-12(9)16/h4-5,7,10H,6,8H2,1-3H3. The lowest BCUT2D eigenvalue weighted by Crippen LogP contribution is -2.24. The monoisotopic (exact) mass is 322 g/mol. The van der Waals surface area contributed by atoms with Crippen LogP contribution in [0.2, 0.25) is 10.0 Å². The lowest BCUT2D eigenvalue weighted by molar-refractivity contribution is 0.267. The highest BCUT2D eigenvalue weighted by molar-refractivity contribution is 9.09. The first-order chi connectivity index (χ1) is 7.34. The zero-order valence-electron chi connectivity index (χ0n) is 9.86. The maximum atomic E-state index is 6.18. The van der Waals surface area contributed by atoms with E-state index in [0.717, 1.165) is 16.8 Å². The fourth-order valence-corrected chi connectivity index (χ4v) is 3.23. The van der Waals surface area contributed by atoms with E-state index in [2.05, 4.69) is 36.7 Å². The molecule has 0 nitrogen and oxygen atoms in total. The van der Waals surface area contributed by atoms with Crippen LogP contribution in [0.5, 0.6) is 0 Å². The quantitative estimate of drug-likeness (QED) is 0.636. The molecule has 0 aromatic heterocycles. The zero-order chi connectivity index (χ0) is 12.3. The Morgan fingerprint density at radius 2 is 1.88 bits per heavy atom. The fraction of sp³-hybridized carbons (Fsp3) is 0.538. The molecule has 0 N–H and O–H groups in total. The number of hydrogen-bond acceptors (Lipinski definition) is 0. The lowest BCUT2D eigenvalue weighted by Gasteiger charge is -2.29. The van der Waals surface area contributed by atoms with Crippen molar-refractivity contribution in [3.63, 3.8) is 0 Å². The molecule has 1 atom stereocenters. The van der Waals surface area contributed by atoms with Crippen LogP contribution in [-0.2, 0) is 6.42 Å². The van der Waals surface area contributed by atoms with Gasteiger partial charge in [0.2, 0.25) is 0 Å². The third-order valence-electron chi connectivity index (χ3n) is 2.89. The Kier molecular flexibility index (Phi) is 5.15. The van der Waals surface area contributed by atoms with Gasteiger partial charge in [-0.15, -0.1) is 0 Å². The fourth-order valence-electron chi connectivity index (χ4n) is 1.54. The maximum Gasteiger partial charge on any atom is 0.0452 e. The summed E-state index contributed by atoms with van der Waals surface area (Å²) in [4.78, 5) is 0. The summed E-state index contributed by atoms with van der Waals surface area (Å²) in [6.07, 6.45) is 0.977. The smallest absolute Gasteiger partial charge is 0.0452 e. The van der Waals surface area contributed by atoms with Crippen LogP contribution >= 0.6 is 39.1 Å². The van der Waals surface area contributed by atoms with Crippen LogP contribution in [0.4, 0.5) is 0 Å². The van der Waals surface area contributed by atoms with Crippen molar-refractivity contribution in [1.29, 1.82) is 0 Å². The number of benzene rings is 1. The van der Waals surface area contributed by atoms with E-state index < -0.39 is 0 Å². The van der Waals surface area contributed by atoms with Gasteiger partial charge < -0.3 is 0 Å². The molecule has 0 radical (unpaired) electrons. The average Bonchev–Trinajstić information content (AvgIpc) is 2.14. The summed E-state index contributed by atoms with van der Waals surface area (Å²) in [7, 11) is 0. The second-order valence-electron chi connectivity index (χ2n) is 5.16. The zero-order valence-corrected chi connectivity index (χ0v) is 13.0. The molecule has 0 saturated carbocycles. The summed E-state index contributed by atoms with van der Waals surface area (Å²) in [6.45, 7) is 6.76. The van der Waals surface area contributed by atoms with Crippen LogP contribution in [0.1, 0.15) is 26.3 Å². The van der Waals surface area contributed by atoms with Crippen molar-refractivity contribution >= 4 is 39.1 Å². The molecular weight excluding hydrogens is 307 g/mol. The van der Waals surface area contributed by atoms with Crippen molar-refractivity contribution in [1.82, 2.24) is 0 Å². The predicted octanol–water partition coefficient (Wildman–Crippen LogP) is 5.59. The first-order valence-electron chi connectivity index (χ1n) is 5.34. The van der Waals surface area contributed by atoms with E-state index in [1.807, 2.05) is 18.2 Å². The maximum absolute atomic E-state index is 6.18. The molecule has 1 aromatic rings. The number of halogens is 3. The van der Waals surface area contributed by atoms with Gasteiger partial charge in [-0.05, 0) is 35.4 Å². The van der Waals surface area contributed by atoms with E-state index in [-0.39, 0.29) is 5.41 Å². The summed E-state index contributed by atoms with van der Waals surface area (Å²) in [6, 6.07) is 5.73. The second kappa shape index (κ2) is 5.75. The molecule has 0 heterocycles. The molecule has 16 heavy (non-hydrogen) atoms. The van der Waals surface area contributed by atoms with E-state index in [1.54, 1.807) is 0 Å². The molecule has 0 aliphatic rings. The van der Waals surface area contributed by atoms with E-state index in [9.17, 15) is 0 Å². The molecule has 1 unspecified atom stereocenters. The predicted molar refractivity (Wildman–Crippen MR) is 76.9 cm³/mol. The van der Waals surface area contributed by atoms with Crippen molar-refractivity contribution in [2.75, 3.05) is 5.33 Å². The summed E-state index contributed by atoms with van der Waals surface area (Å²) in [5.41, 5.74) is 1.44. The van der Waals surface area contributed by atoms with Crippen LogP contribution in [-0.4, -0.2) is 5.33 Å². The average molecular weight is 324 g/mol. The van der Waals surface area contributed by atoms with Gasteiger partial charge in [-0.2, -0.15) is 0 Å². The molecular formula is C13H17BrCl2. The van der Waals surface area contributed by atoms with Gasteiger partial charge in [-0.1, -0.05) is 66.0 Å². The van der Waals surface area contributed by atoms with Crippen molar-refractivity contribution in [3.05, 3.63) is 33.8 Å². The Bertz CT molecular complexity index is 355. The van der Waals surface area contributed by atoms with Gasteiger partial charge in [0, 0.05) is 15.4 Å². The molecule has 0 fully saturated rings. The van der Waals surface area contributed by atoms with E-state index in [1.165, 1.54) is 5.56 Å². The van der Waals surface area contributed by atoms with Crippen LogP contribution in [0, 0.1) is 11.3 Å². The molecule has 1 aromatic carbocycles. The summed E-state index contributed by atoms with van der Waals surface area (Å²) < 4.78 is 0. The van der Waals surface area contributed by atoms with Crippen molar-refractivity contribution in [2.24, 2.45) is 11.3 Å². The van der Waals surface area contributed by atoms with Crippen LogP contribution in [0.15, 0.2) is 18.2 Å². The topological polar surface area (TPSA) is 0 Å². The molecule has 0 saturated heterocycles. The van der Waals surface area contributed by atoms with E-state index in [4.69, 9.17) is 23.2 Å². The van der Waals surface area contributed by atoms with Crippen molar-refractivity contribution in [2.45, 2.75) is 27.2 Å². The summed E-state index contributed by atoms with van der Waals surface area (Å²) >= 11 is 15.6. The van der Waals surface area contributed by atoms with Gasteiger partial charge in [0.15, 0.2) is 0 Å². The van der Waals surface area contributed by atoms with Crippen molar-refractivity contribution < 1.29 is 0 Å². The molecule has 0 bridgehead atoms. The van der Waals surface area contributed by atoms with E-state index >= 15 is 0 Å². The number of alkyl halides is 1. The van der Waals surface area contributed by atoms with Crippen molar-refractivity contribution in [3.8, 4) is 0 Å². The molecule has 3 heteroatoms. The van der Waals surface area contributed by atoms with E-state index in [0.29, 0.717) is 10.9 Å². The van der Waals surface area contributed by atoms with Gasteiger partial charge in [-0.25, -0.2) is 0 Å². The van der Waals surface area contributed by atoms with Crippen LogP contribution in [0.25, 0.3) is 0 Å². The number of rotatable bonds is 3. The SMILES string of the molecule is CC(C)(C)C(CBr)Cc1ccc(Cl)cc1Cl. The van der Waals surface area contributed by atoms with Crippen LogP contribution < -0.4 is 0 Å². The van der Waals surface area contributed by atoms with Gasteiger partial charge in [0.1, 0.15) is 0 Å². The summed E-state index contributed by atoms with van der Waals surface area (Å²) in [5, 5.41) is 2.44. The third kappa shape index (κ3) is 3.94.